The summed E-state index contributed by atoms with van der Waals surface area (Å²) in [5.74, 6) is -1.61. The number of unbranched alkanes of at least 4 members (excludes halogenated alkanes) is 1. The van der Waals surface area contributed by atoms with Crippen molar-refractivity contribution in [3.8, 4) is 11.3 Å². The molecule has 4 heterocycles. The summed E-state index contributed by atoms with van der Waals surface area (Å²) in [6.07, 6.45) is 5.27. The van der Waals surface area contributed by atoms with Crippen molar-refractivity contribution in [3.63, 3.8) is 0 Å². The second kappa shape index (κ2) is 11.0. The van der Waals surface area contributed by atoms with Crippen molar-refractivity contribution in [1.29, 1.82) is 0 Å². The lowest BCUT2D eigenvalue weighted by Crippen LogP contribution is -2.36. The average molecular weight is 554 g/mol. The minimum atomic E-state index is -4.29. The summed E-state index contributed by atoms with van der Waals surface area (Å²) in [5.41, 5.74) is 0.565. The van der Waals surface area contributed by atoms with E-state index in [4.69, 9.17) is 4.74 Å². The third-order valence-electron chi connectivity index (χ3n) is 6.49. The normalized spacial score (nSPS) is 14.1. The fraction of sp³-hybridized carbons (Fsp3) is 0.308. The molecular weight excluding hydrogens is 527 g/mol. The van der Waals surface area contributed by atoms with Crippen LogP contribution in [-0.4, -0.2) is 66.2 Å². The molecule has 11 nitrogen and oxygen atoms in total. The molecule has 0 saturated carbocycles. The molecule has 1 aromatic carbocycles. The second-order valence-corrected chi connectivity index (χ2v) is 11.0. The third-order valence-corrected chi connectivity index (χ3v) is 7.99. The van der Waals surface area contributed by atoms with Crippen molar-refractivity contribution in [2.75, 3.05) is 41.4 Å². The molecule has 0 radical (unpaired) electrons. The highest BCUT2D eigenvalue weighted by Gasteiger charge is 2.24. The van der Waals surface area contributed by atoms with Gasteiger partial charge in [0.2, 0.25) is 10.0 Å². The molecule has 4 aromatic rings. The lowest BCUT2D eigenvalue weighted by atomic mass is 10.0. The Morgan fingerprint density at radius 1 is 1.18 bits per heavy atom. The maximum absolute atomic E-state index is 15.4. The standard InChI is InChI=1S/C26H26FN6O5S/c1-2-3-11-39(36,37)33(35)22-6-4-5-18(24(22)27)25(34)20-15-29-26-19(20)12-17(14-28-26)21-13-23(31-16-30-21)32-7-9-38-10-8-32/h4-6,12-16H,2-3,7-11H2,1H3,(H,28,29)/q-1. The van der Waals surface area contributed by atoms with Crippen LogP contribution in [0, 0.1) is 11.0 Å². The van der Waals surface area contributed by atoms with Crippen LogP contribution in [0.4, 0.5) is 15.9 Å². The maximum atomic E-state index is 15.4. The molecule has 1 fully saturated rings. The topological polar surface area (TPSA) is 144 Å². The number of morpholine rings is 1. The fourth-order valence-corrected chi connectivity index (χ4v) is 5.60. The van der Waals surface area contributed by atoms with E-state index in [0.29, 0.717) is 55.0 Å². The van der Waals surface area contributed by atoms with E-state index < -0.39 is 38.6 Å². The zero-order valence-electron chi connectivity index (χ0n) is 21.1. The van der Waals surface area contributed by atoms with Crippen LogP contribution in [0.25, 0.3) is 22.3 Å². The number of nitrogens with one attached hydrogen (secondary N) is 1. The van der Waals surface area contributed by atoms with E-state index in [-0.39, 0.29) is 16.5 Å². The predicted molar refractivity (Wildman–Crippen MR) is 145 cm³/mol. The average Bonchev–Trinajstić information content (AvgIpc) is 3.39. The molecule has 204 valence electrons. The molecule has 1 aliphatic heterocycles. The molecule has 0 aliphatic carbocycles. The highest BCUT2D eigenvalue weighted by molar-refractivity contribution is 7.92. The van der Waals surface area contributed by atoms with Gasteiger partial charge in [0.25, 0.3) is 0 Å². The lowest BCUT2D eigenvalue weighted by molar-refractivity contribution is 0.103. The number of sulfonamides is 1. The van der Waals surface area contributed by atoms with Crippen LogP contribution in [0.3, 0.4) is 0 Å². The molecule has 39 heavy (non-hydrogen) atoms. The Kier molecular flexibility index (Phi) is 7.55. The van der Waals surface area contributed by atoms with E-state index in [1.165, 1.54) is 24.7 Å². The molecule has 0 atom stereocenters. The number of aromatic nitrogens is 4. The number of H-pyrrole nitrogens is 1. The van der Waals surface area contributed by atoms with Gasteiger partial charge in [0.1, 0.15) is 17.8 Å². The molecule has 0 unspecified atom stereocenters. The minimum absolute atomic E-state index is 0.115. The number of hydrogen-bond donors (Lipinski definition) is 1. The number of rotatable bonds is 9. The summed E-state index contributed by atoms with van der Waals surface area (Å²) in [7, 11) is -4.29. The van der Waals surface area contributed by atoms with Crippen LogP contribution in [0.2, 0.25) is 0 Å². The molecule has 1 saturated heterocycles. The van der Waals surface area contributed by atoms with Crippen molar-refractivity contribution in [2.24, 2.45) is 0 Å². The lowest BCUT2D eigenvalue weighted by Gasteiger charge is -2.30. The van der Waals surface area contributed by atoms with E-state index in [9.17, 15) is 18.4 Å². The number of carbonyl (C=O) groups excluding carboxylic acids is 1. The summed E-state index contributed by atoms with van der Waals surface area (Å²) in [6.45, 7) is 4.40. The van der Waals surface area contributed by atoms with E-state index in [2.05, 4.69) is 24.8 Å². The molecule has 5 rings (SSSR count). The SMILES string of the molecule is CCCCS(=O)(=O)N([O-])c1cccc(C(=O)c2c[nH]c3ncc(-c4cc(N5CCOCC5)ncn4)cc23)c1F. The van der Waals surface area contributed by atoms with Gasteiger partial charge < -0.3 is 24.3 Å². The Hall–Kier alpha value is -3.94. The van der Waals surface area contributed by atoms with Crippen molar-refractivity contribution < 1.29 is 22.3 Å². The van der Waals surface area contributed by atoms with Crippen LogP contribution < -0.4 is 9.37 Å². The van der Waals surface area contributed by atoms with Gasteiger partial charge in [0.15, 0.2) is 11.6 Å². The molecule has 1 N–H and O–H groups in total. The highest BCUT2D eigenvalue weighted by atomic mass is 32.2. The van der Waals surface area contributed by atoms with E-state index in [0.717, 1.165) is 11.9 Å². The molecule has 3 aromatic heterocycles. The van der Waals surface area contributed by atoms with Crippen LogP contribution >= 0.6 is 0 Å². The van der Waals surface area contributed by atoms with Gasteiger partial charge in [-0.05, 0) is 24.6 Å². The first kappa shape index (κ1) is 26.7. The molecule has 0 bridgehead atoms. The molecule has 0 spiro atoms. The molecule has 13 heteroatoms. The highest BCUT2D eigenvalue weighted by Crippen LogP contribution is 2.30. The molecule has 0 amide bonds. The number of halogens is 1. The number of carbonyl (C=O) groups is 1. The first-order valence-corrected chi connectivity index (χ1v) is 14.1. The summed E-state index contributed by atoms with van der Waals surface area (Å²) < 4.78 is 45.2. The van der Waals surface area contributed by atoms with Crippen molar-refractivity contribution in [3.05, 3.63) is 71.2 Å². The first-order chi connectivity index (χ1) is 18.8. The Morgan fingerprint density at radius 3 is 2.74 bits per heavy atom. The Labute approximate surface area is 224 Å². The summed E-state index contributed by atoms with van der Waals surface area (Å²) in [6, 6.07) is 7.07. The summed E-state index contributed by atoms with van der Waals surface area (Å²) in [5, 5.41) is 13.0. The summed E-state index contributed by atoms with van der Waals surface area (Å²) in [4.78, 5) is 31.5. The van der Waals surface area contributed by atoms with Gasteiger partial charge in [-0.15, -0.1) is 0 Å². The fourth-order valence-electron chi connectivity index (χ4n) is 4.34. The van der Waals surface area contributed by atoms with Crippen LogP contribution in [-0.2, 0) is 14.8 Å². The van der Waals surface area contributed by atoms with Crippen molar-refractivity contribution in [1.82, 2.24) is 19.9 Å². The maximum Gasteiger partial charge on any atom is 0.225 e. The zero-order chi connectivity index (χ0) is 27.6. The number of ether oxygens (including phenoxy) is 1. The number of fused-ring (bicyclic) bond motifs is 1. The number of benzene rings is 1. The van der Waals surface area contributed by atoms with Crippen molar-refractivity contribution in [2.45, 2.75) is 19.8 Å². The Balaban J connectivity index is 1.48. The smallest absolute Gasteiger partial charge is 0.225 e. The van der Waals surface area contributed by atoms with E-state index in [1.54, 1.807) is 19.2 Å². The van der Waals surface area contributed by atoms with Crippen molar-refractivity contribution >= 4 is 38.3 Å². The number of pyridine rings is 1. The second-order valence-electron chi connectivity index (χ2n) is 9.05. The van der Waals surface area contributed by atoms with Crippen LogP contribution in [0.1, 0.15) is 35.7 Å². The number of anilines is 2. The van der Waals surface area contributed by atoms with Gasteiger partial charge in [-0.1, -0.05) is 19.4 Å². The molecule has 1 aliphatic rings. The number of ketones is 1. The van der Waals surface area contributed by atoms with Gasteiger partial charge in [-0.2, -0.15) is 0 Å². The van der Waals surface area contributed by atoms with Gasteiger partial charge in [0, 0.05) is 48.1 Å². The first-order valence-electron chi connectivity index (χ1n) is 12.5. The minimum Gasteiger partial charge on any atom is -0.744 e. The largest absolute Gasteiger partial charge is 0.744 e. The van der Waals surface area contributed by atoms with Crippen LogP contribution in [0.15, 0.2) is 49.1 Å². The number of hydrogen-bond acceptors (Lipinski definition) is 9. The van der Waals surface area contributed by atoms with Gasteiger partial charge in [-0.25, -0.2) is 27.8 Å². The zero-order valence-corrected chi connectivity index (χ0v) is 21.9. The Morgan fingerprint density at radius 2 is 1.97 bits per heavy atom. The van der Waals surface area contributed by atoms with E-state index >= 15 is 4.39 Å². The predicted octanol–water partition coefficient (Wildman–Crippen LogP) is 3.66. The van der Waals surface area contributed by atoms with Gasteiger partial charge in [0.05, 0.1) is 35.9 Å². The van der Waals surface area contributed by atoms with E-state index in [1.807, 2.05) is 6.07 Å². The number of nitrogens with zero attached hydrogens (tertiary/aromatic N) is 5. The molecular formula is C26H26FN6O5S-. The monoisotopic (exact) mass is 553 g/mol. The Bertz CT molecular complexity index is 1620. The third kappa shape index (κ3) is 5.33. The van der Waals surface area contributed by atoms with Crippen LogP contribution in [0.5, 0.6) is 0 Å². The van der Waals surface area contributed by atoms with Gasteiger partial charge >= 0.3 is 0 Å². The van der Waals surface area contributed by atoms with Gasteiger partial charge in [-0.3, -0.25) is 4.79 Å². The number of aromatic amines is 1. The summed E-state index contributed by atoms with van der Waals surface area (Å²) >= 11 is 0. The quantitative estimate of drug-likeness (QED) is 0.242.